The molecular formula is C18H32N2. The third-order valence-corrected chi connectivity index (χ3v) is 4.74. The molecule has 2 heteroatoms. The van der Waals surface area contributed by atoms with Gasteiger partial charge in [0.15, 0.2) is 0 Å². The number of aryl methyl sites for hydroxylation is 2. The lowest BCUT2D eigenvalue weighted by atomic mass is 9.96. The number of nitrogens with one attached hydrogen (secondary N) is 1. The van der Waals surface area contributed by atoms with E-state index in [1.165, 1.54) is 16.7 Å². The van der Waals surface area contributed by atoms with Crippen LogP contribution in [-0.2, 0) is 0 Å². The van der Waals surface area contributed by atoms with E-state index in [1.807, 2.05) is 0 Å². The molecule has 0 aliphatic heterocycles. The van der Waals surface area contributed by atoms with Crippen molar-refractivity contribution in [1.29, 1.82) is 0 Å². The van der Waals surface area contributed by atoms with Crippen molar-refractivity contribution in [2.45, 2.75) is 59.5 Å². The highest BCUT2D eigenvalue weighted by molar-refractivity contribution is 5.32. The average molecular weight is 276 g/mol. The van der Waals surface area contributed by atoms with Gasteiger partial charge < -0.3 is 5.32 Å². The Labute approximate surface area is 125 Å². The highest BCUT2D eigenvalue weighted by atomic mass is 15.2. The van der Waals surface area contributed by atoms with E-state index in [1.54, 1.807) is 0 Å². The van der Waals surface area contributed by atoms with E-state index in [2.05, 4.69) is 77.0 Å². The highest BCUT2D eigenvalue weighted by Gasteiger charge is 2.24. The lowest BCUT2D eigenvalue weighted by molar-refractivity contribution is 0.136. The van der Waals surface area contributed by atoms with Gasteiger partial charge in [0, 0.05) is 18.1 Å². The highest BCUT2D eigenvalue weighted by Crippen LogP contribution is 2.23. The molecule has 0 fully saturated rings. The summed E-state index contributed by atoms with van der Waals surface area (Å²) >= 11 is 0. The molecule has 0 amide bonds. The largest absolute Gasteiger partial charge is 0.309 e. The fraction of sp³-hybridized carbons (Fsp3) is 0.667. The lowest BCUT2D eigenvalue weighted by Crippen LogP contribution is -2.45. The second-order valence-electron chi connectivity index (χ2n) is 6.50. The molecule has 1 unspecified atom stereocenters. The van der Waals surface area contributed by atoms with Gasteiger partial charge in [0.05, 0.1) is 0 Å². The van der Waals surface area contributed by atoms with Gasteiger partial charge in [-0.1, -0.05) is 32.0 Å². The van der Waals surface area contributed by atoms with Gasteiger partial charge >= 0.3 is 0 Å². The molecule has 20 heavy (non-hydrogen) atoms. The van der Waals surface area contributed by atoms with E-state index in [0.717, 1.165) is 19.5 Å². The molecule has 0 heterocycles. The molecule has 1 aromatic rings. The molecule has 0 bridgehead atoms. The molecular weight excluding hydrogens is 244 g/mol. The molecule has 0 saturated carbocycles. The number of hydrogen-bond donors (Lipinski definition) is 1. The summed E-state index contributed by atoms with van der Waals surface area (Å²) in [4.78, 5) is 2.47. The summed E-state index contributed by atoms with van der Waals surface area (Å²) in [6.07, 6.45) is 1.16. The van der Waals surface area contributed by atoms with Crippen molar-refractivity contribution >= 4 is 0 Å². The van der Waals surface area contributed by atoms with Crippen molar-refractivity contribution in [2.75, 3.05) is 20.1 Å². The SMILES string of the molecule is CCNC(CN(C)C(C)(C)CC)c1ccc(C)c(C)c1. The van der Waals surface area contributed by atoms with Crippen LogP contribution in [0.1, 0.15) is 56.8 Å². The summed E-state index contributed by atoms with van der Waals surface area (Å²) in [5.74, 6) is 0. The second-order valence-corrected chi connectivity index (χ2v) is 6.50. The number of likely N-dealkylation sites (N-methyl/N-ethyl adjacent to an activating group) is 2. The Bertz CT molecular complexity index is 423. The average Bonchev–Trinajstić information content (AvgIpc) is 2.41. The maximum Gasteiger partial charge on any atom is 0.0449 e. The Morgan fingerprint density at radius 3 is 2.30 bits per heavy atom. The Kier molecular flexibility index (Phi) is 6.22. The first kappa shape index (κ1) is 17.2. The molecule has 0 spiro atoms. The quantitative estimate of drug-likeness (QED) is 0.807. The van der Waals surface area contributed by atoms with E-state index in [9.17, 15) is 0 Å². The Hall–Kier alpha value is -0.860. The fourth-order valence-corrected chi connectivity index (χ4v) is 2.31. The number of nitrogens with zero attached hydrogens (tertiary/aromatic N) is 1. The van der Waals surface area contributed by atoms with Crippen LogP contribution in [-0.4, -0.2) is 30.6 Å². The zero-order chi connectivity index (χ0) is 15.3. The summed E-state index contributed by atoms with van der Waals surface area (Å²) in [6.45, 7) is 15.5. The van der Waals surface area contributed by atoms with Gasteiger partial charge in [-0.15, -0.1) is 0 Å². The summed E-state index contributed by atoms with van der Waals surface area (Å²) in [6, 6.07) is 7.23. The van der Waals surface area contributed by atoms with Crippen LogP contribution in [0.3, 0.4) is 0 Å². The molecule has 0 saturated heterocycles. The smallest absolute Gasteiger partial charge is 0.0449 e. The van der Waals surface area contributed by atoms with E-state index >= 15 is 0 Å². The first-order valence-corrected chi connectivity index (χ1v) is 7.83. The second kappa shape index (κ2) is 7.24. The van der Waals surface area contributed by atoms with Crippen molar-refractivity contribution in [2.24, 2.45) is 0 Å². The normalized spacial score (nSPS) is 13.8. The van der Waals surface area contributed by atoms with Crippen molar-refractivity contribution in [1.82, 2.24) is 10.2 Å². The van der Waals surface area contributed by atoms with Crippen molar-refractivity contribution in [3.8, 4) is 0 Å². The van der Waals surface area contributed by atoms with Gasteiger partial charge in [0.1, 0.15) is 0 Å². The van der Waals surface area contributed by atoms with E-state index in [-0.39, 0.29) is 5.54 Å². The molecule has 1 rings (SSSR count). The van der Waals surface area contributed by atoms with Crippen LogP contribution >= 0.6 is 0 Å². The Morgan fingerprint density at radius 1 is 1.15 bits per heavy atom. The third-order valence-electron chi connectivity index (χ3n) is 4.74. The predicted molar refractivity (Wildman–Crippen MR) is 89.3 cm³/mol. The summed E-state index contributed by atoms with van der Waals surface area (Å²) < 4.78 is 0. The number of hydrogen-bond acceptors (Lipinski definition) is 2. The van der Waals surface area contributed by atoms with Crippen molar-refractivity contribution in [3.05, 3.63) is 34.9 Å². The van der Waals surface area contributed by atoms with E-state index in [0.29, 0.717) is 6.04 Å². The number of benzene rings is 1. The first-order valence-electron chi connectivity index (χ1n) is 7.83. The van der Waals surface area contributed by atoms with Crippen LogP contribution < -0.4 is 5.32 Å². The molecule has 1 atom stereocenters. The zero-order valence-electron chi connectivity index (χ0n) is 14.4. The molecule has 0 aliphatic carbocycles. The van der Waals surface area contributed by atoms with Crippen molar-refractivity contribution in [3.63, 3.8) is 0 Å². The minimum Gasteiger partial charge on any atom is -0.309 e. The molecule has 0 aromatic heterocycles. The summed E-state index contributed by atoms with van der Waals surface area (Å²) in [7, 11) is 2.23. The Balaban J connectivity index is 2.91. The third kappa shape index (κ3) is 4.32. The minimum atomic E-state index is 0.243. The van der Waals surface area contributed by atoms with Crippen LogP contribution in [0.25, 0.3) is 0 Å². The molecule has 1 aromatic carbocycles. The van der Waals surface area contributed by atoms with Crippen LogP contribution in [0.15, 0.2) is 18.2 Å². The molecule has 0 aliphatic rings. The maximum atomic E-state index is 3.63. The van der Waals surface area contributed by atoms with Crippen LogP contribution in [0.2, 0.25) is 0 Å². The topological polar surface area (TPSA) is 15.3 Å². The molecule has 114 valence electrons. The molecule has 2 nitrogen and oxygen atoms in total. The monoisotopic (exact) mass is 276 g/mol. The maximum absolute atomic E-state index is 3.63. The van der Waals surface area contributed by atoms with Gasteiger partial charge in [0.2, 0.25) is 0 Å². The van der Waals surface area contributed by atoms with E-state index in [4.69, 9.17) is 0 Å². The minimum absolute atomic E-state index is 0.243. The van der Waals surface area contributed by atoms with Gasteiger partial charge in [-0.3, -0.25) is 4.90 Å². The van der Waals surface area contributed by atoms with Crippen LogP contribution in [0.5, 0.6) is 0 Å². The standard InChI is InChI=1S/C18H32N2/c1-8-18(5,6)20(7)13-17(19-9-2)16-11-10-14(3)15(4)12-16/h10-12,17,19H,8-9,13H2,1-7H3. The van der Waals surface area contributed by atoms with Crippen LogP contribution in [0, 0.1) is 13.8 Å². The first-order chi connectivity index (χ1) is 9.31. The summed E-state index contributed by atoms with van der Waals surface area (Å²) in [5, 5.41) is 3.63. The van der Waals surface area contributed by atoms with Gasteiger partial charge in [0.25, 0.3) is 0 Å². The fourth-order valence-electron chi connectivity index (χ4n) is 2.31. The van der Waals surface area contributed by atoms with Gasteiger partial charge in [-0.05, 0) is 64.4 Å². The predicted octanol–water partition coefficient (Wildman–Crippen LogP) is 4.07. The Morgan fingerprint density at radius 2 is 1.80 bits per heavy atom. The molecule has 1 N–H and O–H groups in total. The van der Waals surface area contributed by atoms with Crippen LogP contribution in [0.4, 0.5) is 0 Å². The lowest BCUT2D eigenvalue weighted by Gasteiger charge is -2.37. The van der Waals surface area contributed by atoms with Gasteiger partial charge in [-0.2, -0.15) is 0 Å². The van der Waals surface area contributed by atoms with E-state index < -0.39 is 0 Å². The number of rotatable bonds is 7. The summed E-state index contributed by atoms with van der Waals surface area (Å²) in [5.41, 5.74) is 4.38. The van der Waals surface area contributed by atoms with Gasteiger partial charge in [-0.25, -0.2) is 0 Å². The molecule has 0 radical (unpaired) electrons. The van der Waals surface area contributed by atoms with Crippen molar-refractivity contribution < 1.29 is 0 Å². The zero-order valence-corrected chi connectivity index (χ0v) is 14.4.